The van der Waals surface area contributed by atoms with Gasteiger partial charge in [0.2, 0.25) is 10.0 Å². The average molecular weight is 326 g/mol. The lowest BCUT2D eigenvalue weighted by Gasteiger charge is -2.07. The van der Waals surface area contributed by atoms with E-state index < -0.39 is 21.2 Å². The van der Waals surface area contributed by atoms with Crippen molar-refractivity contribution >= 4 is 37.1 Å². The lowest BCUT2D eigenvalue weighted by atomic mass is 10.4. The molecule has 0 aromatic heterocycles. The summed E-state index contributed by atoms with van der Waals surface area (Å²) < 4.78 is 37.4. The van der Waals surface area contributed by atoms with E-state index in [1.54, 1.807) is 12.1 Å². The van der Waals surface area contributed by atoms with E-state index in [4.69, 9.17) is 0 Å². The van der Waals surface area contributed by atoms with Gasteiger partial charge in [-0.25, -0.2) is 13.1 Å². The summed E-state index contributed by atoms with van der Waals surface area (Å²) >= 11 is 2.23. The minimum atomic E-state index is -3.48. The molecule has 1 aromatic carbocycles. The van der Waals surface area contributed by atoms with Gasteiger partial charge in [-0.05, 0) is 24.3 Å². The predicted molar refractivity (Wildman–Crippen MR) is 68.3 cm³/mol. The van der Waals surface area contributed by atoms with Crippen LogP contribution in [0, 0.1) is 0 Å². The van der Waals surface area contributed by atoms with Gasteiger partial charge < -0.3 is 4.55 Å². The van der Waals surface area contributed by atoms with Crippen molar-refractivity contribution in [3.8, 4) is 0 Å². The first kappa shape index (κ1) is 14.0. The van der Waals surface area contributed by atoms with Crippen LogP contribution in [0.3, 0.4) is 0 Å². The minimum absolute atomic E-state index is 0.182. The van der Waals surface area contributed by atoms with Gasteiger partial charge in [-0.15, -0.1) is 0 Å². The third kappa shape index (κ3) is 4.42. The number of hydrogen-bond acceptors (Lipinski definition) is 3. The van der Waals surface area contributed by atoms with Gasteiger partial charge >= 0.3 is 0 Å². The largest absolute Gasteiger partial charge is 0.617 e. The number of hydrogen-bond donors (Lipinski definition) is 1. The third-order valence-electron chi connectivity index (χ3n) is 1.81. The first-order valence-electron chi connectivity index (χ1n) is 4.47. The van der Waals surface area contributed by atoms with Gasteiger partial charge in [-0.1, -0.05) is 27.1 Å². The third-order valence-corrected chi connectivity index (χ3v) is 4.59. The van der Waals surface area contributed by atoms with Crippen LogP contribution in [-0.4, -0.2) is 31.5 Å². The summed E-state index contributed by atoms with van der Waals surface area (Å²) in [6.45, 7) is 0.182. The molecule has 90 valence electrons. The van der Waals surface area contributed by atoms with Crippen LogP contribution in [-0.2, 0) is 21.2 Å². The molecule has 0 radical (unpaired) electrons. The van der Waals surface area contributed by atoms with E-state index in [9.17, 15) is 13.0 Å². The Balaban J connectivity index is 2.67. The minimum Gasteiger partial charge on any atom is -0.617 e. The van der Waals surface area contributed by atoms with Gasteiger partial charge in [-0.2, -0.15) is 0 Å². The highest BCUT2D eigenvalue weighted by Gasteiger charge is 2.13. The zero-order valence-corrected chi connectivity index (χ0v) is 11.9. The quantitative estimate of drug-likeness (QED) is 0.824. The van der Waals surface area contributed by atoms with Crippen molar-refractivity contribution < 1.29 is 13.0 Å². The van der Waals surface area contributed by atoms with E-state index in [1.165, 1.54) is 18.4 Å². The highest BCUT2D eigenvalue weighted by molar-refractivity contribution is 9.10. The maximum Gasteiger partial charge on any atom is 0.240 e. The predicted octanol–water partition coefficient (Wildman–Crippen LogP) is 1.11. The molecule has 0 saturated carbocycles. The summed E-state index contributed by atoms with van der Waals surface area (Å²) in [7, 11) is -3.48. The summed E-state index contributed by atoms with van der Waals surface area (Å²) in [5, 5.41) is 0. The Labute approximate surface area is 107 Å². The fourth-order valence-electron chi connectivity index (χ4n) is 1.02. The Hall–Kier alpha value is -0.0800. The second-order valence-electron chi connectivity index (χ2n) is 3.13. The van der Waals surface area contributed by atoms with E-state index in [0.29, 0.717) is 5.75 Å². The molecule has 16 heavy (non-hydrogen) atoms. The van der Waals surface area contributed by atoms with E-state index in [1.807, 2.05) is 0 Å². The maximum atomic E-state index is 11.7. The van der Waals surface area contributed by atoms with E-state index in [-0.39, 0.29) is 11.4 Å². The van der Waals surface area contributed by atoms with Crippen molar-refractivity contribution in [3.05, 3.63) is 28.7 Å². The molecule has 0 saturated heterocycles. The summed E-state index contributed by atoms with van der Waals surface area (Å²) in [4.78, 5) is 0.206. The van der Waals surface area contributed by atoms with Crippen molar-refractivity contribution in [1.29, 1.82) is 0 Å². The Morgan fingerprint density at radius 3 is 2.44 bits per heavy atom. The number of rotatable bonds is 5. The normalized spacial score (nSPS) is 13.7. The van der Waals surface area contributed by atoms with Crippen molar-refractivity contribution in [2.45, 2.75) is 4.90 Å². The molecule has 0 spiro atoms. The molecule has 0 aliphatic carbocycles. The molecule has 1 N–H and O–H groups in total. The second-order valence-corrected chi connectivity index (χ2v) is 7.37. The molecule has 0 amide bonds. The molecule has 7 heteroatoms. The summed E-state index contributed by atoms with van der Waals surface area (Å²) in [5.41, 5.74) is 0. The first-order chi connectivity index (χ1) is 7.42. The van der Waals surface area contributed by atoms with Crippen LogP contribution in [0.2, 0.25) is 0 Å². The maximum absolute atomic E-state index is 11.7. The number of sulfonamides is 1. The standard InChI is InChI=1S/C9H12BrNO3S2/c1-15(12)7-6-11-16(13,14)9-4-2-8(10)3-5-9/h2-5,11H,6-7H2,1H3. The molecule has 4 nitrogen and oxygen atoms in total. The molecule has 1 unspecified atom stereocenters. The molecule has 0 fully saturated rings. The molecular formula is C9H12BrNO3S2. The molecule has 0 bridgehead atoms. The molecule has 0 aliphatic heterocycles. The lowest BCUT2D eigenvalue weighted by Crippen LogP contribution is -2.28. The van der Waals surface area contributed by atoms with Crippen molar-refractivity contribution in [1.82, 2.24) is 4.72 Å². The SMILES string of the molecule is C[S+]([O-])CCNS(=O)(=O)c1ccc(Br)cc1. The number of nitrogens with one attached hydrogen (secondary N) is 1. The Morgan fingerprint density at radius 1 is 1.38 bits per heavy atom. The highest BCUT2D eigenvalue weighted by atomic mass is 79.9. The summed E-state index contributed by atoms with van der Waals surface area (Å²) in [6, 6.07) is 6.34. The van der Waals surface area contributed by atoms with Crippen LogP contribution < -0.4 is 4.72 Å². The van der Waals surface area contributed by atoms with Gasteiger partial charge in [0.25, 0.3) is 0 Å². The first-order valence-corrected chi connectivity index (χ1v) is 8.47. The van der Waals surface area contributed by atoms with E-state index in [2.05, 4.69) is 20.7 Å². The zero-order chi connectivity index (χ0) is 12.2. The van der Waals surface area contributed by atoms with Crippen molar-refractivity contribution in [2.75, 3.05) is 18.6 Å². The topological polar surface area (TPSA) is 69.2 Å². The van der Waals surface area contributed by atoms with Gasteiger partial charge in [0.05, 0.1) is 17.7 Å². The fraction of sp³-hybridized carbons (Fsp3) is 0.333. The Kier molecular flexibility index (Phi) is 5.26. The second kappa shape index (κ2) is 6.02. The highest BCUT2D eigenvalue weighted by Crippen LogP contribution is 2.14. The molecule has 1 atom stereocenters. The Morgan fingerprint density at radius 2 is 1.94 bits per heavy atom. The summed E-state index contributed by atoms with van der Waals surface area (Å²) in [5.74, 6) is 0.315. The van der Waals surface area contributed by atoms with E-state index >= 15 is 0 Å². The van der Waals surface area contributed by atoms with Crippen molar-refractivity contribution in [3.63, 3.8) is 0 Å². The van der Waals surface area contributed by atoms with Gasteiger partial charge in [0, 0.05) is 4.47 Å². The van der Waals surface area contributed by atoms with Gasteiger partial charge in [0.15, 0.2) is 0 Å². The van der Waals surface area contributed by atoms with Gasteiger partial charge in [-0.3, -0.25) is 0 Å². The van der Waals surface area contributed by atoms with Crippen LogP contribution in [0.5, 0.6) is 0 Å². The average Bonchev–Trinajstić information content (AvgIpc) is 2.17. The Bertz CT molecular complexity index is 431. The van der Waals surface area contributed by atoms with Crippen LogP contribution in [0.25, 0.3) is 0 Å². The molecule has 0 heterocycles. The molecule has 1 aromatic rings. The number of benzene rings is 1. The smallest absolute Gasteiger partial charge is 0.240 e. The van der Waals surface area contributed by atoms with Crippen LogP contribution in [0.1, 0.15) is 0 Å². The van der Waals surface area contributed by atoms with Crippen molar-refractivity contribution in [2.24, 2.45) is 0 Å². The lowest BCUT2D eigenvalue weighted by molar-refractivity contribution is 0.581. The van der Waals surface area contributed by atoms with E-state index in [0.717, 1.165) is 4.47 Å². The van der Waals surface area contributed by atoms with Gasteiger partial charge in [0.1, 0.15) is 5.75 Å². The monoisotopic (exact) mass is 325 g/mol. The fourth-order valence-corrected chi connectivity index (χ4v) is 2.83. The summed E-state index contributed by atoms with van der Waals surface area (Å²) in [6.07, 6.45) is 1.54. The molecule has 1 rings (SSSR count). The molecule has 0 aliphatic rings. The van der Waals surface area contributed by atoms with Crippen LogP contribution in [0.15, 0.2) is 33.6 Å². The van der Waals surface area contributed by atoms with Crippen LogP contribution in [0.4, 0.5) is 0 Å². The number of halogens is 1. The van der Waals surface area contributed by atoms with Crippen LogP contribution >= 0.6 is 15.9 Å². The zero-order valence-electron chi connectivity index (χ0n) is 8.64. The molecular weight excluding hydrogens is 314 g/mol.